The minimum Gasteiger partial charge on any atom is -0.468 e. The second-order valence-electron chi connectivity index (χ2n) is 8.39. The number of aromatic nitrogens is 4. The first-order valence-corrected chi connectivity index (χ1v) is 11.5. The predicted molar refractivity (Wildman–Crippen MR) is 122 cm³/mol. The van der Waals surface area contributed by atoms with E-state index >= 15 is 0 Å². The summed E-state index contributed by atoms with van der Waals surface area (Å²) in [6.07, 6.45) is -1.22. The number of rotatable bonds is 5. The average Bonchev–Trinajstić information content (AvgIpc) is 3.40. The smallest absolute Gasteiger partial charge is 0.323 e. The third kappa shape index (κ3) is 4.92. The second-order valence-corrected chi connectivity index (χ2v) is 8.39. The van der Waals surface area contributed by atoms with Gasteiger partial charge in [-0.05, 0) is 32.2 Å². The first-order valence-electron chi connectivity index (χ1n) is 11.5. The fraction of sp³-hybridized carbons (Fsp3) is 0.591. The summed E-state index contributed by atoms with van der Waals surface area (Å²) >= 11 is 0. The Balaban J connectivity index is 1.57. The monoisotopic (exact) mass is 487 g/mol. The molecule has 0 saturated carbocycles. The van der Waals surface area contributed by atoms with E-state index in [-0.39, 0.29) is 34.8 Å². The molecule has 5 unspecified atom stereocenters. The van der Waals surface area contributed by atoms with E-state index in [1.807, 2.05) is 4.90 Å². The van der Waals surface area contributed by atoms with Gasteiger partial charge in [-0.15, -0.1) is 0 Å². The normalized spacial score (nSPS) is 26.8. The van der Waals surface area contributed by atoms with Crippen LogP contribution in [-0.2, 0) is 19.1 Å². The largest absolute Gasteiger partial charge is 0.468 e. The number of nitrogen functional groups attached to an aromatic ring is 1. The number of nitrogens with two attached hydrogens (primary N) is 1. The summed E-state index contributed by atoms with van der Waals surface area (Å²) in [7, 11) is 1.37. The number of anilines is 1. The highest BCUT2D eigenvalue weighted by Gasteiger charge is 2.47. The van der Waals surface area contributed by atoms with E-state index in [2.05, 4.69) is 32.1 Å². The Labute approximate surface area is 201 Å². The van der Waals surface area contributed by atoms with Gasteiger partial charge in [0.05, 0.1) is 20.0 Å². The van der Waals surface area contributed by atoms with Gasteiger partial charge in [0.1, 0.15) is 23.8 Å². The van der Waals surface area contributed by atoms with E-state index in [1.54, 1.807) is 6.92 Å². The fourth-order valence-electron chi connectivity index (χ4n) is 4.36. The van der Waals surface area contributed by atoms with Crippen molar-refractivity contribution < 1.29 is 29.3 Å². The summed E-state index contributed by atoms with van der Waals surface area (Å²) in [5.74, 6) is 5.25. The van der Waals surface area contributed by atoms with Crippen molar-refractivity contribution >= 4 is 28.9 Å². The molecule has 13 nitrogen and oxygen atoms in total. The number of aliphatic hydroxyl groups is 2. The van der Waals surface area contributed by atoms with Crippen LogP contribution in [0.5, 0.6) is 0 Å². The number of fused-ring (bicyclic) bond motifs is 1. The topological polar surface area (TPSA) is 178 Å². The van der Waals surface area contributed by atoms with Crippen molar-refractivity contribution in [1.29, 1.82) is 0 Å². The van der Waals surface area contributed by atoms with Crippen molar-refractivity contribution in [1.82, 2.24) is 29.7 Å². The number of likely N-dealkylation sites (N-methyl/N-ethyl adjacent to an activating group) is 1. The van der Waals surface area contributed by atoms with Gasteiger partial charge in [0.25, 0.3) is 5.91 Å². The lowest BCUT2D eigenvalue weighted by atomic mass is 10.0. The molecule has 1 amide bonds. The minimum absolute atomic E-state index is 0.0803. The van der Waals surface area contributed by atoms with Gasteiger partial charge in [0.15, 0.2) is 23.8 Å². The number of amides is 1. The van der Waals surface area contributed by atoms with Gasteiger partial charge in [-0.25, -0.2) is 15.0 Å². The summed E-state index contributed by atoms with van der Waals surface area (Å²) in [6.45, 7) is 3.14. The third-order valence-electron chi connectivity index (χ3n) is 6.14. The Hall–Kier alpha value is -3.31. The number of nitrogens with zero attached hydrogens (tertiary/aromatic N) is 5. The van der Waals surface area contributed by atoms with Crippen LogP contribution in [0.15, 0.2) is 6.33 Å². The Bertz CT molecular complexity index is 1160. The van der Waals surface area contributed by atoms with Gasteiger partial charge < -0.3 is 30.7 Å². The van der Waals surface area contributed by atoms with Gasteiger partial charge >= 0.3 is 5.97 Å². The van der Waals surface area contributed by atoms with Crippen LogP contribution in [0, 0.1) is 11.8 Å². The van der Waals surface area contributed by atoms with E-state index in [4.69, 9.17) is 15.2 Å². The van der Waals surface area contributed by atoms with Crippen LogP contribution in [0.2, 0.25) is 0 Å². The Morgan fingerprint density at radius 3 is 2.86 bits per heavy atom. The Morgan fingerprint density at radius 2 is 2.11 bits per heavy atom. The maximum absolute atomic E-state index is 12.2. The molecule has 2 aliphatic heterocycles. The van der Waals surface area contributed by atoms with Gasteiger partial charge in [-0.3, -0.25) is 19.1 Å². The van der Waals surface area contributed by atoms with Crippen LogP contribution < -0.4 is 11.1 Å². The number of imidazole rings is 1. The van der Waals surface area contributed by atoms with Crippen LogP contribution in [0.3, 0.4) is 0 Å². The lowest BCUT2D eigenvalue weighted by Gasteiger charge is -2.31. The predicted octanol–water partition coefficient (Wildman–Crippen LogP) is -1.46. The van der Waals surface area contributed by atoms with Crippen molar-refractivity contribution in [2.45, 2.75) is 56.8 Å². The van der Waals surface area contributed by atoms with Crippen LogP contribution in [0.25, 0.3) is 11.2 Å². The van der Waals surface area contributed by atoms with Crippen molar-refractivity contribution in [3.63, 3.8) is 0 Å². The lowest BCUT2D eigenvalue weighted by molar-refractivity contribution is -0.148. The molecule has 5 atom stereocenters. The molecule has 2 fully saturated rings. The quantitative estimate of drug-likeness (QED) is 0.286. The molecule has 4 rings (SSSR count). The standard InChI is InChI=1S/C22H29N7O6/c1-3-24-20(32)17-15(30)16(31)21(35-17)29-11-25-14-18(23)26-13(27-19(14)29)8-6-10-28-9-5-4-7-12(28)22(33)34-2/h11-12,15-17,21,30-31H,3-5,7,9-10H2,1-2H3,(H,24,32)(H2,23,26,27). The molecule has 13 heteroatoms. The van der Waals surface area contributed by atoms with Gasteiger partial charge in [0.2, 0.25) is 5.82 Å². The van der Waals surface area contributed by atoms with Crippen LogP contribution in [-0.4, -0.2) is 97.6 Å². The maximum atomic E-state index is 12.2. The zero-order valence-electron chi connectivity index (χ0n) is 19.5. The van der Waals surface area contributed by atoms with Crippen LogP contribution >= 0.6 is 0 Å². The van der Waals surface area contributed by atoms with E-state index in [9.17, 15) is 19.8 Å². The number of carbonyl (C=O) groups excluding carboxylic acids is 2. The van der Waals surface area contributed by atoms with E-state index in [0.29, 0.717) is 13.1 Å². The van der Waals surface area contributed by atoms with Crippen LogP contribution in [0.1, 0.15) is 38.2 Å². The summed E-state index contributed by atoms with van der Waals surface area (Å²) in [6, 6.07) is -0.330. The number of methoxy groups -OCH3 is 1. The molecule has 2 aliphatic rings. The molecule has 188 valence electrons. The summed E-state index contributed by atoms with van der Waals surface area (Å²) < 4.78 is 12.0. The second kappa shape index (κ2) is 10.5. The molecule has 5 N–H and O–H groups in total. The van der Waals surface area contributed by atoms with E-state index in [0.717, 1.165) is 25.8 Å². The molecule has 0 spiro atoms. The number of aliphatic hydroxyl groups excluding tert-OH is 2. The summed E-state index contributed by atoms with van der Waals surface area (Å²) in [4.78, 5) is 39.0. The average molecular weight is 488 g/mol. The number of nitrogens with one attached hydrogen (secondary N) is 1. The Kier molecular flexibility index (Phi) is 7.46. The van der Waals surface area contributed by atoms with Crippen molar-refractivity contribution in [3.05, 3.63) is 12.2 Å². The number of ether oxygens (including phenoxy) is 2. The number of carbonyl (C=O) groups is 2. The molecule has 2 aromatic rings. The third-order valence-corrected chi connectivity index (χ3v) is 6.14. The number of hydrogen-bond acceptors (Lipinski definition) is 11. The van der Waals surface area contributed by atoms with Gasteiger partial charge in [0, 0.05) is 6.54 Å². The minimum atomic E-state index is -1.44. The molecule has 2 saturated heterocycles. The zero-order chi connectivity index (χ0) is 25.1. The van der Waals surface area contributed by atoms with Gasteiger partial charge in [-0.2, -0.15) is 0 Å². The van der Waals surface area contributed by atoms with Crippen molar-refractivity contribution in [3.8, 4) is 11.8 Å². The number of piperidine rings is 1. The molecule has 35 heavy (non-hydrogen) atoms. The highest BCUT2D eigenvalue weighted by molar-refractivity contribution is 5.83. The maximum Gasteiger partial charge on any atom is 0.323 e. The zero-order valence-corrected chi connectivity index (χ0v) is 19.5. The van der Waals surface area contributed by atoms with Crippen molar-refractivity contribution in [2.24, 2.45) is 0 Å². The summed E-state index contributed by atoms with van der Waals surface area (Å²) in [5, 5.41) is 23.4. The highest BCUT2D eigenvalue weighted by Crippen LogP contribution is 2.32. The van der Waals surface area contributed by atoms with Crippen molar-refractivity contribution in [2.75, 3.05) is 32.5 Å². The molecule has 0 aliphatic carbocycles. The first kappa shape index (κ1) is 24.8. The molecular formula is C22H29N7O6. The molecule has 2 aromatic heterocycles. The first-order chi connectivity index (χ1) is 16.8. The molecule has 0 aromatic carbocycles. The highest BCUT2D eigenvalue weighted by atomic mass is 16.6. The fourth-order valence-corrected chi connectivity index (χ4v) is 4.36. The lowest BCUT2D eigenvalue weighted by Crippen LogP contribution is -2.45. The summed E-state index contributed by atoms with van der Waals surface area (Å²) in [5.41, 5.74) is 6.56. The number of likely N-dealkylation sites (tertiary alicyclic amines) is 1. The molecular weight excluding hydrogens is 458 g/mol. The molecule has 0 bridgehead atoms. The van der Waals surface area contributed by atoms with E-state index < -0.39 is 30.4 Å². The molecule has 0 radical (unpaired) electrons. The molecule has 4 heterocycles. The SMILES string of the molecule is CCNC(=O)C1OC(n2cnc3c(N)nc(C#CCN4CCCCC4C(=O)OC)nc32)C(O)C1O. The van der Waals surface area contributed by atoms with Gasteiger partial charge in [-0.1, -0.05) is 12.3 Å². The Morgan fingerprint density at radius 1 is 1.31 bits per heavy atom. The van der Waals surface area contributed by atoms with E-state index in [1.165, 1.54) is 18.0 Å². The van der Waals surface area contributed by atoms with Crippen LogP contribution in [0.4, 0.5) is 5.82 Å². The number of hydrogen-bond donors (Lipinski definition) is 4. The number of esters is 1.